The van der Waals surface area contributed by atoms with E-state index in [9.17, 15) is 0 Å². The molecule has 80 valence electrons. The van der Waals surface area contributed by atoms with Crippen molar-refractivity contribution in [3.63, 3.8) is 0 Å². The van der Waals surface area contributed by atoms with Crippen molar-refractivity contribution in [2.24, 2.45) is 7.05 Å². The molecule has 3 aromatic rings. The van der Waals surface area contributed by atoms with Crippen LogP contribution < -0.4 is 0 Å². The van der Waals surface area contributed by atoms with Crippen LogP contribution in [0, 0.1) is 3.57 Å². The lowest BCUT2D eigenvalue weighted by Gasteiger charge is -1.97. The van der Waals surface area contributed by atoms with E-state index in [1.165, 1.54) is 0 Å². The van der Waals surface area contributed by atoms with Crippen molar-refractivity contribution in [2.75, 3.05) is 0 Å². The number of hydrogen-bond acceptors (Lipinski definition) is 3. The van der Waals surface area contributed by atoms with Gasteiger partial charge in [0.25, 0.3) is 0 Å². The normalized spacial score (nSPS) is 11.1. The zero-order chi connectivity index (χ0) is 11.1. The lowest BCUT2D eigenvalue weighted by Crippen LogP contribution is -1.91. The molecule has 5 nitrogen and oxygen atoms in total. The van der Waals surface area contributed by atoms with Crippen molar-refractivity contribution in [3.8, 4) is 11.3 Å². The lowest BCUT2D eigenvalue weighted by atomic mass is 10.2. The Morgan fingerprint density at radius 3 is 2.88 bits per heavy atom. The number of fused-ring (bicyclic) bond motifs is 1. The van der Waals surface area contributed by atoms with Gasteiger partial charge in [0.05, 0.1) is 21.7 Å². The van der Waals surface area contributed by atoms with Crippen molar-refractivity contribution >= 4 is 28.2 Å². The summed E-state index contributed by atoms with van der Waals surface area (Å²) in [5.41, 5.74) is 2.81. The average molecular weight is 325 g/mol. The minimum atomic E-state index is 0.877. The number of rotatable bonds is 1. The standard InChI is InChI=1S/C10H8IN5/c1-15-6-7(4-12-15)9-2-3-16-10(14-9)8(11)5-13-16/h2-6H,1H3. The highest BCUT2D eigenvalue weighted by Gasteiger charge is 2.06. The highest BCUT2D eigenvalue weighted by molar-refractivity contribution is 14.1. The zero-order valence-electron chi connectivity index (χ0n) is 8.50. The third kappa shape index (κ3) is 1.49. The first-order valence-electron chi connectivity index (χ1n) is 4.73. The molecule has 0 atom stereocenters. The van der Waals surface area contributed by atoms with Crippen molar-refractivity contribution in [1.82, 2.24) is 24.4 Å². The van der Waals surface area contributed by atoms with Gasteiger partial charge in [0.1, 0.15) is 0 Å². The molecule has 3 rings (SSSR count). The fraction of sp³-hybridized carbons (Fsp3) is 0.100. The molecule has 0 radical (unpaired) electrons. The summed E-state index contributed by atoms with van der Waals surface area (Å²) in [7, 11) is 1.89. The number of hydrogen-bond donors (Lipinski definition) is 0. The minimum absolute atomic E-state index is 0.877. The Morgan fingerprint density at radius 1 is 1.25 bits per heavy atom. The van der Waals surface area contributed by atoms with Crippen LogP contribution in [-0.4, -0.2) is 24.4 Å². The van der Waals surface area contributed by atoms with Gasteiger partial charge >= 0.3 is 0 Å². The molecular weight excluding hydrogens is 317 g/mol. The Hall–Kier alpha value is -1.44. The molecule has 0 aliphatic rings. The second-order valence-electron chi connectivity index (χ2n) is 3.48. The number of halogens is 1. The number of nitrogens with zero attached hydrogens (tertiary/aromatic N) is 5. The molecule has 0 amide bonds. The van der Waals surface area contributed by atoms with Gasteiger partial charge < -0.3 is 0 Å². The summed E-state index contributed by atoms with van der Waals surface area (Å²) >= 11 is 2.23. The van der Waals surface area contributed by atoms with Crippen molar-refractivity contribution < 1.29 is 0 Å². The van der Waals surface area contributed by atoms with Crippen LogP contribution in [0.1, 0.15) is 0 Å². The first kappa shape index (κ1) is 9.76. The lowest BCUT2D eigenvalue weighted by molar-refractivity contribution is 0.768. The van der Waals surface area contributed by atoms with E-state index in [0.29, 0.717) is 0 Å². The SMILES string of the molecule is Cn1cc(-c2ccn3ncc(I)c3n2)cn1. The van der Waals surface area contributed by atoms with Gasteiger partial charge in [-0.15, -0.1) is 0 Å². The van der Waals surface area contributed by atoms with Gasteiger partial charge in [-0.2, -0.15) is 10.2 Å². The highest BCUT2D eigenvalue weighted by Crippen LogP contribution is 2.18. The van der Waals surface area contributed by atoms with Gasteiger partial charge in [-0.1, -0.05) is 0 Å². The molecule has 0 aromatic carbocycles. The summed E-state index contributed by atoms with van der Waals surface area (Å²) in [4.78, 5) is 4.56. The van der Waals surface area contributed by atoms with Crippen LogP contribution in [0.5, 0.6) is 0 Å². The van der Waals surface area contributed by atoms with E-state index in [1.54, 1.807) is 15.4 Å². The van der Waals surface area contributed by atoms with Gasteiger partial charge in [-0.05, 0) is 28.7 Å². The van der Waals surface area contributed by atoms with E-state index in [1.807, 2.05) is 31.7 Å². The zero-order valence-corrected chi connectivity index (χ0v) is 10.7. The van der Waals surface area contributed by atoms with Gasteiger partial charge in [0.2, 0.25) is 0 Å². The first-order valence-corrected chi connectivity index (χ1v) is 5.81. The average Bonchev–Trinajstić information content (AvgIpc) is 2.86. The largest absolute Gasteiger partial charge is 0.275 e. The Bertz CT molecular complexity index is 654. The monoisotopic (exact) mass is 325 g/mol. The second kappa shape index (κ2) is 3.55. The van der Waals surface area contributed by atoms with E-state index in [0.717, 1.165) is 20.5 Å². The smallest absolute Gasteiger partial charge is 0.168 e. The summed E-state index contributed by atoms with van der Waals surface area (Å²) in [6.07, 6.45) is 7.47. The summed E-state index contributed by atoms with van der Waals surface area (Å²) in [5.74, 6) is 0. The van der Waals surface area contributed by atoms with E-state index < -0.39 is 0 Å². The van der Waals surface area contributed by atoms with Crippen LogP contribution in [0.2, 0.25) is 0 Å². The molecule has 0 N–H and O–H groups in total. The van der Waals surface area contributed by atoms with Gasteiger partial charge in [0.15, 0.2) is 5.65 Å². The maximum atomic E-state index is 4.56. The quantitative estimate of drug-likeness (QED) is 0.640. The summed E-state index contributed by atoms with van der Waals surface area (Å²) < 4.78 is 4.58. The van der Waals surface area contributed by atoms with E-state index >= 15 is 0 Å². The second-order valence-corrected chi connectivity index (χ2v) is 4.64. The van der Waals surface area contributed by atoms with Crippen LogP contribution in [0.3, 0.4) is 0 Å². The molecule has 0 saturated carbocycles. The third-order valence-electron chi connectivity index (χ3n) is 2.33. The van der Waals surface area contributed by atoms with Crippen LogP contribution in [-0.2, 0) is 7.05 Å². The Balaban J connectivity index is 2.21. The molecule has 0 aliphatic heterocycles. The topological polar surface area (TPSA) is 48.0 Å². The number of aromatic nitrogens is 5. The van der Waals surface area contributed by atoms with E-state index in [4.69, 9.17) is 0 Å². The molecule has 16 heavy (non-hydrogen) atoms. The van der Waals surface area contributed by atoms with Gasteiger partial charge in [0, 0.05) is 25.0 Å². The van der Waals surface area contributed by atoms with Crippen molar-refractivity contribution in [1.29, 1.82) is 0 Å². The fourth-order valence-corrected chi connectivity index (χ4v) is 2.05. The molecule has 0 aliphatic carbocycles. The molecule has 0 unspecified atom stereocenters. The van der Waals surface area contributed by atoms with E-state index in [2.05, 4.69) is 37.8 Å². The molecule has 0 bridgehead atoms. The molecular formula is C10H8IN5. The molecule has 3 aromatic heterocycles. The minimum Gasteiger partial charge on any atom is -0.275 e. The Kier molecular flexibility index (Phi) is 2.16. The fourth-order valence-electron chi connectivity index (χ4n) is 1.56. The maximum Gasteiger partial charge on any atom is 0.168 e. The van der Waals surface area contributed by atoms with Gasteiger partial charge in [-0.3, -0.25) is 4.68 Å². The van der Waals surface area contributed by atoms with Crippen LogP contribution in [0.4, 0.5) is 0 Å². The predicted molar refractivity (Wildman–Crippen MR) is 67.9 cm³/mol. The maximum absolute atomic E-state index is 4.56. The Labute approximate surface area is 105 Å². The van der Waals surface area contributed by atoms with Crippen LogP contribution >= 0.6 is 22.6 Å². The number of aryl methyl sites for hydroxylation is 1. The van der Waals surface area contributed by atoms with Crippen molar-refractivity contribution in [3.05, 3.63) is 34.4 Å². The van der Waals surface area contributed by atoms with Gasteiger partial charge in [-0.25, -0.2) is 9.50 Å². The van der Waals surface area contributed by atoms with Crippen molar-refractivity contribution in [2.45, 2.75) is 0 Å². The molecule has 0 fully saturated rings. The molecule has 6 heteroatoms. The first-order chi connectivity index (χ1) is 7.74. The van der Waals surface area contributed by atoms with Crippen LogP contribution in [0.15, 0.2) is 30.9 Å². The summed E-state index contributed by atoms with van der Waals surface area (Å²) in [6.45, 7) is 0. The van der Waals surface area contributed by atoms with Crippen LogP contribution in [0.25, 0.3) is 16.9 Å². The predicted octanol–water partition coefficient (Wildman–Crippen LogP) is 1.73. The molecule has 0 saturated heterocycles. The van der Waals surface area contributed by atoms with E-state index in [-0.39, 0.29) is 0 Å². The molecule has 0 spiro atoms. The third-order valence-corrected chi connectivity index (χ3v) is 3.09. The summed E-state index contributed by atoms with van der Waals surface area (Å²) in [5, 5.41) is 8.32. The summed E-state index contributed by atoms with van der Waals surface area (Å²) in [6, 6.07) is 1.94. The highest BCUT2D eigenvalue weighted by atomic mass is 127. The Morgan fingerprint density at radius 2 is 2.12 bits per heavy atom. The molecule has 3 heterocycles.